The number of hydrogen-bond acceptors (Lipinski definition) is 4. The van der Waals surface area contributed by atoms with E-state index in [0.29, 0.717) is 19.3 Å². The van der Waals surface area contributed by atoms with Gasteiger partial charge in [0.25, 0.3) is 0 Å². The van der Waals surface area contributed by atoms with E-state index in [1.54, 1.807) is 13.0 Å². The number of allylic oxidation sites excluding steroid dienone is 4. The van der Waals surface area contributed by atoms with Crippen molar-refractivity contribution in [2.75, 3.05) is 6.61 Å². The lowest BCUT2D eigenvalue weighted by Gasteiger charge is -2.63. The van der Waals surface area contributed by atoms with E-state index < -0.39 is 40.5 Å². The predicted molar refractivity (Wildman–Crippen MR) is 103 cm³/mol. The van der Waals surface area contributed by atoms with Crippen LogP contribution in [0.3, 0.4) is 0 Å². The molecule has 8 atom stereocenters. The molecule has 0 aliphatic heterocycles. The topological polar surface area (TPSA) is 74.6 Å². The van der Waals surface area contributed by atoms with Crippen LogP contribution in [-0.2, 0) is 9.59 Å². The smallest absolute Gasteiger partial charge is 0.178 e. The van der Waals surface area contributed by atoms with Gasteiger partial charge in [-0.3, -0.25) is 9.59 Å². The van der Waals surface area contributed by atoms with Gasteiger partial charge in [0, 0.05) is 16.7 Å². The Bertz CT molecular complexity index is 802. The molecule has 4 nitrogen and oxygen atoms in total. The molecular weight excluding hydrogens is 359 g/mol. The summed E-state index contributed by atoms with van der Waals surface area (Å²) < 4.78 is 16.9. The Morgan fingerprint density at radius 1 is 1.29 bits per heavy atom. The number of rotatable bonds is 2. The first-order valence-corrected chi connectivity index (χ1v) is 10.4. The second kappa shape index (κ2) is 5.85. The molecule has 5 unspecified atom stereocenters. The van der Waals surface area contributed by atoms with Gasteiger partial charge < -0.3 is 10.2 Å². The quantitative estimate of drug-likeness (QED) is 0.759. The van der Waals surface area contributed by atoms with E-state index in [4.69, 9.17) is 0 Å². The van der Waals surface area contributed by atoms with Crippen LogP contribution in [0.5, 0.6) is 0 Å². The van der Waals surface area contributed by atoms with Crippen LogP contribution in [0.1, 0.15) is 53.4 Å². The summed E-state index contributed by atoms with van der Waals surface area (Å²) in [6, 6.07) is 0. The third-order valence-electron chi connectivity index (χ3n) is 9.53. The Balaban J connectivity index is 1.84. The predicted octanol–water partition coefficient (Wildman–Crippen LogP) is 3.17. The molecule has 0 aromatic carbocycles. The monoisotopic (exact) mass is 390 g/mol. The highest BCUT2D eigenvalue weighted by molar-refractivity contribution is 6.01. The number of halogens is 1. The Kier molecular flexibility index (Phi) is 4.17. The highest BCUT2D eigenvalue weighted by atomic mass is 19.1. The molecule has 0 spiro atoms. The normalized spacial score (nSPS) is 52.5. The van der Waals surface area contributed by atoms with Gasteiger partial charge in [0.1, 0.15) is 6.61 Å². The van der Waals surface area contributed by atoms with Crippen LogP contribution in [0.25, 0.3) is 0 Å². The minimum absolute atomic E-state index is 0.00456. The third kappa shape index (κ3) is 2.02. The van der Waals surface area contributed by atoms with E-state index in [-0.39, 0.29) is 29.8 Å². The number of carbonyl (C=O) groups is 2. The Labute approximate surface area is 165 Å². The van der Waals surface area contributed by atoms with Gasteiger partial charge in [-0.1, -0.05) is 32.4 Å². The molecule has 0 heterocycles. The fourth-order valence-electron chi connectivity index (χ4n) is 7.53. The second-order valence-corrected chi connectivity index (χ2v) is 10.2. The SMILES string of the molecule is C[C@@H]1CC2C3CCC4=CC(=O)C=CC4(C)[C@@]3(F)C(O)CC2(C)[C@@]1(C)C(=O)CO. The summed E-state index contributed by atoms with van der Waals surface area (Å²) >= 11 is 0. The van der Waals surface area contributed by atoms with Crippen LogP contribution in [0.15, 0.2) is 23.8 Å². The van der Waals surface area contributed by atoms with Crippen LogP contribution in [0, 0.1) is 34.0 Å². The number of carbonyl (C=O) groups excluding carboxylic acids is 2. The van der Waals surface area contributed by atoms with Gasteiger partial charge in [0.15, 0.2) is 17.2 Å². The van der Waals surface area contributed by atoms with E-state index in [2.05, 4.69) is 0 Å². The summed E-state index contributed by atoms with van der Waals surface area (Å²) in [4.78, 5) is 24.7. The van der Waals surface area contributed by atoms with E-state index in [1.165, 1.54) is 12.2 Å². The molecule has 0 aromatic heterocycles. The van der Waals surface area contributed by atoms with Crippen LogP contribution >= 0.6 is 0 Å². The minimum atomic E-state index is -1.87. The van der Waals surface area contributed by atoms with Gasteiger partial charge in [-0.25, -0.2) is 4.39 Å². The van der Waals surface area contributed by atoms with Gasteiger partial charge in [-0.2, -0.15) is 0 Å². The molecule has 5 heteroatoms. The van der Waals surface area contributed by atoms with Crippen molar-refractivity contribution in [1.29, 1.82) is 0 Å². The maximum Gasteiger partial charge on any atom is 0.178 e. The Hall–Kier alpha value is -1.33. The average Bonchev–Trinajstić information content (AvgIpc) is 2.84. The maximum atomic E-state index is 16.9. The van der Waals surface area contributed by atoms with Crippen molar-refractivity contribution >= 4 is 11.6 Å². The second-order valence-electron chi connectivity index (χ2n) is 10.2. The first kappa shape index (κ1) is 20.0. The number of aliphatic hydroxyl groups is 2. The van der Waals surface area contributed by atoms with Crippen molar-refractivity contribution in [1.82, 2.24) is 0 Å². The summed E-state index contributed by atoms with van der Waals surface area (Å²) in [5, 5.41) is 20.8. The Morgan fingerprint density at radius 3 is 2.61 bits per heavy atom. The van der Waals surface area contributed by atoms with Crippen molar-refractivity contribution in [2.45, 2.75) is 65.2 Å². The molecule has 4 aliphatic carbocycles. The van der Waals surface area contributed by atoms with Crippen molar-refractivity contribution in [3.63, 3.8) is 0 Å². The van der Waals surface area contributed by atoms with E-state index in [0.717, 1.165) is 5.57 Å². The number of fused-ring (bicyclic) bond motifs is 5. The number of Topliss-reactive ketones (excluding diaryl/α,β-unsaturated/α-hetero) is 1. The first-order valence-electron chi connectivity index (χ1n) is 10.4. The molecule has 2 N–H and O–H groups in total. The van der Waals surface area contributed by atoms with E-state index >= 15 is 4.39 Å². The van der Waals surface area contributed by atoms with Gasteiger partial charge in [-0.15, -0.1) is 0 Å². The number of hydrogen-bond donors (Lipinski definition) is 2. The molecule has 4 rings (SSSR count). The molecule has 154 valence electrons. The lowest BCUT2D eigenvalue weighted by atomic mass is 9.43. The molecule has 0 saturated heterocycles. The molecule has 0 aromatic rings. The van der Waals surface area contributed by atoms with Gasteiger partial charge in [-0.05, 0) is 62.0 Å². The summed E-state index contributed by atoms with van der Waals surface area (Å²) in [7, 11) is 0. The van der Waals surface area contributed by atoms with Crippen LogP contribution in [0.4, 0.5) is 4.39 Å². The summed E-state index contributed by atoms with van der Waals surface area (Å²) in [6.07, 6.45) is 5.45. The van der Waals surface area contributed by atoms with E-state index in [9.17, 15) is 19.8 Å². The number of alkyl halides is 1. The van der Waals surface area contributed by atoms with Crippen LogP contribution in [-0.4, -0.2) is 40.2 Å². The van der Waals surface area contributed by atoms with E-state index in [1.807, 2.05) is 20.8 Å². The van der Waals surface area contributed by atoms with Crippen molar-refractivity contribution in [2.24, 2.45) is 34.0 Å². The molecule has 0 radical (unpaired) electrons. The fraction of sp³-hybridized carbons (Fsp3) is 0.739. The summed E-state index contributed by atoms with van der Waals surface area (Å²) in [5.74, 6) is -0.780. The largest absolute Gasteiger partial charge is 0.390 e. The lowest BCUT2D eigenvalue weighted by Crippen LogP contribution is -2.67. The van der Waals surface area contributed by atoms with Crippen LogP contribution < -0.4 is 0 Å². The minimum Gasteiger partial charge on any atom is -0.390 e. The first-order chi connectivity index (χ1) is 13.0. The lowest BCUT2D eigenvalue weighted by molar-refractivity contribution is -0.205. The highest BCUT2D eigenvalue weighted by Gasteiger charge is 2.74. The molecular formula is C23H31FO4. The zero-order valence-electron chi connectivity index (χ0n) is 17.2. The van der Waals surface area contributed by atoms with Crippen LogP contribution in [0.2, 0.25) is 0 Å². The van der Waals surface area contributed by atoms with Crippen molar-refractivity contribution in [3.8, 4) is 0 Å². The van der Waals surface area contributed by atoms with Gasteiger partial charge >= 0.3 is 0 Å². The third-order valence-corrected chi connectivity index (χ3v) is 9.53. The van der Waals surface area contributed by atoms with Crippen molar-refractivity contribution in [3.05, 3.63) is 23.8 Å². The molecule has 0 bridgehead atoms. The summed E-state index contributed by atoms with van der Waals surface area (Å²) in [6.45, 7) is 7.18. The van der Waals surface area contributed by atoms with Gasteiger partial charge in [0.05, 0.1) is 6.10 Å². The molecule has 4 aliphatic rings. The average molecular weight is 390 g/mol. The standard InChI is InChI=1S/C23H31FO4/c1-13-9-17-16-6-5-14-10-15(26)7-8-20(14,2)23(16,24)18(27)11-21(17,3)22(13,4)19(28)12-25/h7-8,10,13,16-18,25,27H,5-6,9,11-12H2,1-4H3/t13-,16?,17?,18?,20?,21?,22-,23+/m1/s1. The van der Waals surface area contributed by atoms with Crippen molar-refractivity contribution < 1.29 is 24.2 Å². The summed E-state index contributed by atoms with van der Waals surface area (Å²) in [5.41, 5.74) is -3.47. The number of aliphatic hydroxyl groups excluding tert-OH is 2. The van der Waals surface area contributed by atoms with Gasteiger partial charge in [0.2, 0.25) is 0 Å². The zero-order chi connectivity index (χ0) is 20.7. The molecule has 3 fully saturated rings. The Morgan fingerprint density at radius 2 is 1.96 bits per heavy atom. The zero-order valence-corrected chi connectivity index (χ0v) is 17.2. The maximum absolute atomic E-state index is 16.9. The molecule has 28 heavy (non-hydrogen) atoms. The molecule has 3 saturated carbocycles. The molecule has 0 amide bonds. The highest BCUT2D eigenvalue weighted by Crippen LogP contribution is 2.72. The number of ketones is 2. The fourth-order valence-corrected chi connectivity index (χ4v) is 7.53.